The fourth-order valence-electron chi connectivity index (χ4n) is 3.88. The third-order valence-corrected chi connectivity index (χ3v) is 7.09. The highest BCUT2D eigenvalue weighted by Gasteiger charge is 2.23. The highest BCUT2D eigenvalue weighted by molar-refractivity contribution is 7.89. The molecule has 0 bridgehead atoms. The van der Waals surface area contributed by atoms with Crippen molar-refractivity contribution in [2.24, 2.45) is 0 Å². The van der Waals surface area contributed by atoms with E-state index in [2.05, 4.69) is 25.6 Å². The molecule has 3 rings (SSSR count). The van der Waals surface area contributed by atoms with Crippen LogP contribution in [0.1, 0.15) is 72.5 Å². The standard InChI is InChI=1S/C23H33N5O5S/c1-3-6-19-22(20(15-29)28-27-19)26-23(30)18-14-17(8-9-21(18)33-13-4-2)34(31,32)25-12-10-16-7-5-11-24-16/h8-9,14-16,24-25H,3-7,10-13H2,1-2H3,(H,26,30)(H,27,28). The summed E-state index contributed by atoms with van der Waals surface area (Å²) >= 11 is 0. The molecule has 1 aromatic heterocycles. The molecule has 11 heteroatoms. The molecule has 1 unspecified atom stereocenters. The van der Waals surface area contributed by atoms with Crippen molar-refractivity contribution in [2.75, 3.05) is 25.0 Å². The molecule has 1 fully saturated rings. The van der Waals surface area contributed by atoms with Gasteiger partial charge < -0.3 is 15.4 Å². The molecule has 1 amide bonds. The Bertz CT molecular complexity index is 1090. The Morgan fingerprint density at radius 2 is 2.12 bits per heavy atom. The zero-order chi connectivity index (χ0) is 24.6. The van der Waals surface area contributed by atoms with Crippen LogP contribution >= 0.6 is 0 Å². The first-order valence-corrected chi connectivity index (χ1v) is 13.2. The van der Waals surface area contributed by atoms with Gasteiger partial charge >= 0.3 is 0 Å². The third-order valence-electron chi connectivity index (χ3n) is 5.63. The van der Waals surface area contributed by atoms with Gasteiger partial charge in [-0.25, -0.2) is 13.1 Å². The number of H-pyrrole nitrogens is 1. The molecule has 0 radical (unpaired) electrons. The number of anilines is 1. The average molecular weight is 492 g/mol. The van der Waals surface area contributed by atoms with Crippen LogP contribution in [0.4, 0.5) is 5.69 Å². The molecule has 1 aliphatic rings. The molecular formula is C23H33N5O5S. The van der Waals surface area contributed by atoms with Crippen molar-refractivity contribution in [2.45, 2.75) is 63.3 Å². The molecule has 0 saturated carbocycles. The van der Waals surface area contributed by atoms with Gasteiger partial charge in [0.25, 0.3) is 5.91 Å². The van der Waals surface area contributed by atoms with E-state index in [9.17, 15) is 18.0 Å². The van der Waals surface area contributed by atoms with Gasteiger partial charge in [0.15, 0.2) is 6.29 Å². The van der Waals surface area contributed by atoms with Crippen molar-refractivity contribution >= 4 is 27.9 Å². The highest BCUT2D eigenvalue weighted by Crippen LogP contribution is 2.26. The number of ether oxygens (including phenoxy) is 1. The SMILES string of the molecule is CCCOc1ccc(S(=O)(=O)NCCC2CCCN2)cc1C(=O)Nc1c(C=O)n[nH]c1CCC. The Morgan fingerprint density at radius 1 is 1.29 bits per heavy atom. The van der Waals surface area contributed by atoms with E-state index in [-0.39, 0.29) is 21.9 Å². The van der Waals surface area contributed by atoms with E-state index in [1.54, 1.807) is 0 Å². The maximum absolute atomic E-state index is 13.2. The fraction of sp³-hybridized carbons (Fsp3) is 0.522. The lowest BCUT2D eigenvalue weighted by Crippen LogP contribution is -2.30. The molecule has 10 nitrogen and oxygen atoms in total. The van der Waals surface area contributed by atoms with Crippen LogP contribution in [0.3, 0.4) is 0 Å². The summed E-state index contributed by atoms with van der Waals surface area (Å²) in [4.78, 5) is 24.6. The second kappa shape index (κ2) is 12.1. The van der Waals surface area contributed by atoms with Gasteiger partial charge in [0.2, 0.25) is 10.0 Å². The van der Waals surface area contributed by atoms with E-state index in [1.165, 1.54) is 18.2 Å². The summed E-state index contributed by atoms with van der Waals surface area (Å²) < 4.78 is 34.1. The number of nitrogens with zero attached hydrogens (tertiary/aromatic N) is 1. The number of aryl methyl sites for hydroxylation is 1. The first kappa shape index (κ1) is 25.9. The summed E-state index contributed by atoms with van der Waals surface area (Å²) in [6, 6.07) is 4.53. The van der Waals surface area contributed by atoms with Gasteiger partial charge in [-0.2, -0.15) is 5.10 Å². The van der Waals surface area contributed by atoms with Crippen LogP contribution in [0.25, 0.3) is 0 Å². The van der Waals surface area contributed by atoms with Crippen LogP contribution < -0.4 is 20.1 Å². The number of amides is 1. The number of carbonyl (C=O) groups is 2. The number of hydrogen-bond donors (Lipinski definition) is 4. The molecule has 0 spiro atoms. The molecule has 2 heterocycles. The van der Waals surface area contributed by atoms with Gasteiger partial charge in [0, 0.05) is 12.6 Å². The van der Waals surface area contributed by atoms with Crippen molar-refractivity contribution in [1.29, 1.82) is 0 Å². The zero-order valence-corrected chi connectivity index (χ0v) is 20.5. The van der Waals surface area contributed by atoms with Gasteiger partial charge in [-0.15, -0.1) is 0 Å². The van der Waals surface area contributed by atoms with Gasteiger partial charge in [-0.3, -0.25) is 14.7 Å². The molecule has 34 heavy (non-hydrogen) atoms. The van der Waals surface area contributed by atoms with E-state index in [1.807, 2.05) is 13.8 Å². The number of hydrogen-bond acceptors (Lipinski definition) is 7. The van der Waals surface area contributed by atoms with E-state index in [0.29, 0.717) is 49.7 Å². The summed E-state index contributed by atoms with van der Waals surface area (Å²) in [5.41, 5.74) is 1.06. The molecule has 1 atom stereocenters. The average Bonchev–Trinajstić information content (AvgIpc) is 3.48. The molecule has 186 valence electrons. The Morgan fingerprint density at radius 3 is 2.79 bits per heavy atom. The molecular weight excluding hydrogens is 458 g/mol. The van der Waals surface area contributed by atoms with Crippen LogP contribution in [-0.4, -0.2) is 56.5 Å². The molecule has 1 saturated heterocycles. The lowest BCUT2D eigenvalue weighted by molar-refractivity contribution is 0.102. The number of aromatic nitrogens is 2. The minimum absolute atomic E-state index is 0.0301. The Hall–Kier alpha value is -2.76. The van der Waals surface area contributed by atoms with Crippen LogP contribution in [-0.2, 0) is 16.4 Å². The van der Waals surface area contributed by atoms with Crippen molar-refractivity contribution in [1.82, 2.24) is 20.2 Å². The van der Waals surface area contributed by atoms with Gasteiger partial charge in [-0.05, 0) is 56.8 Å². The van der Waals surface area contributed by atoms with Crippen LogP contribution in [0, 0.1) is 0 Å². The predicted octanol–water partition coefficient (Wildman–Crippen LogP) is 2.64. The van der Waals surface area contributed by atoms with Crippen LogP contribution in [0.2, 0.25) is 0 Å². The quantitative estimate of drug-likeness (QED) is 0.316. The van der Waals surface area contributed by atoms with Gasteiger partial charge in [-0.1, -0.05) is 20.3 Å². The minimum atomic E-state index is -3.82. The number of aromatic amines is 1. The Labute approximate surface area is 200 Å². The molecule has 1 aromatic carbocycles. The summed E-state index contributed by atoms with van der Waals surface area (Å²) in [6.45, 7) is 5.52. The largest absolute Gasteiger partial charge is 0.493 e. The van der Waals surface area contributed by atoms with Crippen molar-refractivity contribution in [3.63, 3.8) is 0 Å². The maximum Gasteiger partial charge on any atom is 0.259 e. The summed E-state index contributed by atoms with van der Waals surface area (Å²) in [6.07, 6.45) is 5.47. The summed E-state index contributed by atoms with van der Waals surface area (Å²) in [5.74, 6) is -0.318. The zero-order valence-electron chi connectivity index (χ0n) is 19.6. The topological polar surface area (TPSA) is 142 Å². The van der Waals surface area contributed by atoms with E-state index in [4.69, 9.17) is 4.74 Å². The monoisotopic (exact) mass is 491 g/mol. The molecule has 2 aromatic rings. The first-order valence-electron chi connectivity index (χ1n) is 11.7. The van der Waals surface area contributed by atoms with E-state index < -0.39 is 15.9 Å². The second-order valence-corrected chi connectivity index (χ2v) is 10.0. The first-order chi connectivity index (χ1) is 16.4. The number of carbonyl (C=O) groups excluding carboxylic acids is 2. The van der Waals surface area contributed by atoms with Crippen molar-refractivity contribution in [3.8, 4) is 5.75 Å². The van der Waals surface area contributed by atoms with Crippen LogP contribution in [0.15, 0.2) is 23.1 Å². The predicted molar refractivity (Wildman–Crippen MR) is 129 cm³/mol. The minimum Gasteiger partial charge on any atom is -0.493 e. The Kier molecular flexibility index (Phi) is 9.20. The highest BCUT2D eigenvalue weighted by atomic mass is 32.2. The number of sulfonamides is 1. The number of rotatable bonds is 13. The molecule has 4 N–H and O–H groups in total. The number of aldehydes is 1. The third kappa shape index (κ3) is 6.43. The number of benzene rings is 1. The van der Waals surface area contributed by atoms with Gasteiger partial charge in [0.1, 0.15) is 11.4 Å². The van der Waals surface area contributed by atoms with E-state index in [0.717, 1.165) is 32.2 Å². The second-order valence-electron chi connectivity index (χ2n) is 8.27. The van der Waals surface area contributed by atoms with Crippen LogP contribution in [0.5, 0.6) is 5.75 Å². The molecule has 0 aliphatic carbocycles. The normalized spacial score (nSPS) is 15.9. The lowest BCUT2D eigenvalue weighted by Gasteiger charge is -2.15. The lowest BCUT2D eigenvalue weighted by atomic mass is 10.1. The molecule has 1 aliphatic heterocycles. The smallest absolute Gasteiger partial charge is 0.259 e. The summed E-state index contributed by atoms with van der Waals surface area (Å²) in [7, 11) is -3.82. The van der Waals surface area contributed by atoms with Crippen molar-refractivity contribution < 1.29 is 22.7 Å². The van der Waals surface area contributed by atoms with Gasteiger partial charge in [0.05, 0.1) is 28.4 Å². The fourth-order valence-corrected chi connectivity index (χ4v) is 4.95. The summed E-state index contributed by atoms with van der Waals surface area (Å²) in [5, 5.41) is 12.8. The van der Waals surface area contributed by atoms with Crippen molar-refractivity contribution in [3.05, 3.63) is 35.2 Å². The maximum atomic E-state index is 13.2. The Balaban J connectivity index is 1.84. The van der Waals surface area contributed by atoms with E-state index >= 15 is 0 Å². The number of nitrogens with one attached hydrogen (secondary N) is 4.